The zero-order valence-corrected chi connectivity index (χ0v) is 22.7. The molecule has 202 valence electrons. The van der Waals surface area contributed by atoms with Gasteiger partial charge in [-0.1, -0.05) is 68.4 Å². The second-order valence-electron chi connectivity index (χ2n) is 9.97. The highest BCUT2D eigenvalue weighted by molar-refractivity contribution is 6.51. The third-order valence-electron chi connectivity index (χ3n) is 7.72. The molecule has 0 radical (unpaired) electrons. The Morgan fingerprint density at radius 1 is 0.825 bits per heavy atom. The average molecular weight is 533 g/mol. The number of para-hydroxylation sites is 1. The van der Waals surface area contributed by atoms with Gasteiger partial charge in [-0.05, 0) is 36.9 Å². The standard InChI is InChI=1S/C33H32N4O3/c1-3-36(4-2)17-18-37-20-25(29-27(37)15-10-16-28(29)40-21-22-11-6-5-7-12-22)31-30(32(38)35-33(31)39)24-19-34-26-14-9-8-13-23(24)26/h5-16,19-20,34H,3-4,17-18,21H2,1-2H3,(H,35,38,39). The van der Waals surface area contributed by atoms with Crippen LogP contribution in [0.15, 0.2) is 85.2 Å². The van der Waals surface area contributed by atoms with Crippen LogP contribution >= 0.6 is 0 Å². The van der Waals surface area contributed by atoms with Gasteiger partial charge in [-0.3, -0.25) is 14.9 Å². The fourth-order valence-electron chi connectivity index (χ4n) is 5.59. The lowest BCUT2D eigenvalue weighted by Crippen LogP contribution is -2.26. The van der Waals surface area contributed by atoms with E-state index in [2.05, 4.69) is 39.7 Å². The van der Waals surface area contributed by atoms with Crippen LogP contribution in [0.25, 0.3) is 33.0 Å². The zero-order valence-electron chi connectivity index (χ0n) is 22.7. The number of carbonyl (C=O) groups excluding carboxylic acids is 2. The smallest absolute Gasteiger partial charge is 0.259 e. The highest BCUT2D eigenvalue weighted by Crippen LogP contribution is 2.41. The Morgan fingerprint density at radius 2 is 1.55 bits per heavy atom. The molecule has 2 amide bonds. The number of aromatic nitrogens is 2. The van der Waals surface area contributed by atoms with E-state index >= 15 is 0 Å². The first-order valence-corrected chi connectivity index (χ1v) is 13.8. The van der Waals surface area contributed by atoms with Crippen molar-refractivity contribution in [1.29, 1.82) is 0 Å². The number of hydrogen-bond acceptors (Lipinski definition) is 4. The molecule has 7 heteroatoms. The number of H-pyrrole nitrogens is 1. The molecule has 1 aliphatic heterocycles. The maximum atomic E-state index is 13.5. The number of amides is 2. The van der Waals surface area contributed by atoms with Crippen LogP contribution in [0.4, 0.5) is 0 Å². The van der Waals surface area contributed by atoms with Gasteiger partial charge in [0, 0.05) is 52.9 Å². The second kappa shape index (κ2) is 10.9. The van der Waals surface area contributed by atoms with Gasteiger partial charge in [-0.15, -0.1) is 0 Å². The molecule has 6 rings (SSSR count). The largest absolute Gasteiger partial charge is 0.488 e. The van der Waals surface area contributed by atoms with E-state index < -0.39 is 11.8 Å². The molecule has 7 nitrogen and oxygen atoms in total. The Kier molecular flexibility index (Phi) is 6.97. The molecule has 1 aliphatic rings. The van der Waals surface area contributed by atoms with Gasteiger partial charge in [0.2, 0.25) is 0 Å². The maximum absolute atomic E-state index is 13.5. The first-order valence-electron chi connectivity index (χ1n) is 13.8. The van der Waals surface area contributed by atoms with Crippen molar-refractivity contribution >= 4 is 44.8 Å². The summed E-state index contributed by atoms with van der Waals surface area (Å²) in [4.78, 5) is 32.4. The summed E-state index contributed by atoms with van der Waals surface area (Å²) in [5.41, 5.74) is 5.08. The first-order chi connectivity index (χ1) is 19.6. The Labute approximate surface area is 233 Å². The third kappa shape index (κ3) is 4.58. The van der Waals surface area contributed by atoms with E-state index in [1.54, 1.807) is 0 Å². The average Bonchev–Trinajstić information content (AvgIpc) is 3.65. The Balaban J connectivity index is 1.54. The summed E-state index contributed by atoms with van der Waals surface area (Å²) >= 11 is 0. The van der Waals surface area contributed by atoms with Crippen molar-refractivity contribution in [2.24, 2.45) is 0 Å². The topological polar surface area (TPSA) is 79.4 Å². The van der Waals surface area contributed by atoms with Crippen LogP contribution in [0.5, 0.6) is 5.75 Å². The van der Waals surface area contributed by atoms with Crippen molar-refractivity contribution in [2.45, 2.75) is 27.0 Å². The number of aromatic amines is 1. The van der Waals surface area contributed by atoms with E-state index in [0.29, 0.717) is 34.6 Å². The Bertz CT molecular complexity index is 1740. The molecule has 0 bridgehead atoms. The van der Waals surface area contributed by atoms with Gasteiger partial charge in [0.25, 0.3) is 11.8 Å². The lowest BCUT2D eigenvalue weighted by Gasteiger charge is -2.18. The van der Waals surface area contributed by atoms with Gasteiger partial charge in [0.05, 0.1) is 16.7 Å². The number of benzene rings is 3. The number of nitrogens with zero attached hydrogens (tertiary/aromatic N) is 2. The molecule has 0 unspecified atom stereocenters. The van der Waals surface area contributed by atoms with Crippen LogP contribution in [-0.2, 0) is 22.7 Å². The summed E-state index contributed by atoms with van der Waals surface area (Å²) in [5, 5.41) is 4.29. The molecule has 40 heavy (non-hydrogen) atoms. The highest BCUT2D eigenvalue weighted by Gasteiger charge is 2.35. The van der Waals surface area contributed by atoms with Gasteiger partial charge in [0.15, 0.2) is 0 Å². The Hall–Kier alpha value is -4.62. The normalized spacial score (nSPS) is 13.7. The van der Waals surface area contributed by atoms with E-state index in [9.17, 15) is 9.59 Å². The number of nitrogens with one attached hydrogen (secondary N) is 2. The fraction of sp³-hybridized carbons (Fsp3) is 0.212. The van der Waals surface area contributed by atoms with Crippen LogP contribution in [0.1, 0.15) is 30.5 Å². The van der Waals surface area contributed by atoms with Crippen molar-refractivity contribution in [3.8, 4) is 5.75 Å². The van der Waals surface area contributed by atoms with Crippen LogP contribution in [0.2, 0.25) is 0 Å². The fourth-order valence-corrected chi connectivity index (χ4v) is 5.59. The quantitative estimate of drug-likeness (QED) is 0.229. The van der Waals surface area contributed by atoms with Crippen LogP contribution in [0, 0.1) is 0 Å². The molecule has 0 saturated carbocycles. The van der Waals surface area contributed by atoms with Crippen LogP contribution in [0.3, 0.4) is 0 Å². The number of rotatable bonds is 10. The number of likely N-dealkylation sites (N-methyl/N-ethyl adjacent to an activating group) is 1. The number of fused-ring (bicyclic) bond motifs is 2. The lowest BCUT2D eigenvalue weighted by molar-refractivity contribution is -0.122. The summed E-state index contributed by atoms with van der Waals surface area (Å²) in [6, 6.07) is 23.8. The van der Waals surface area contributed by atoms with E-state index in [4.69, 9.17) is 4.74 Å². The monoisotopic (exact) mass is 532 g/mol. The summed E-state index contributed by atoms with van der Waals surface area (Å²) in [6.45, 7) is 8.23. The molecule has 0 atom stereocenters. The molecule has 0 spiro atoms. The predicted molar refractivity (Wildman–Crippen MR) is 159 cm³/mol. The van der Waals surface area contributed by atoms with Gasteiger partial charge in [-0.2, -0.15) is 0 Å². The highest BCUT2D eigenvalue weighted by atomic mass is 16.5. The van der Waals surface area contributed by atoms with Crippen LogP contribution < -0.4 is 10.1 Å². The molecule has 5 aromatic rings. The second-order valence-corrected chi connectivity index (χ2v) is 9.97. The molecule has 3 heterocycles. The maximum Gasteiger partial charge on any atom is 0.259 e. The van der Waals surface area contributed by atoms with Crippen molar-refractivity contribution in [3.05, 3.63) is 102 Å². The number of ether oxygens (including phenoxy) is 1. The molecule has 3 aromatic carbocycles. The molecule has 0 fully saturated rings. The summed E-state index contributed by atoms with van der Waals surface area (Å²) in [5.74, 6) is -0.113. The predicted octanol–water partition coefficient (Wildman–Crippen LogP) is 5.61. The molecular weight excluding hydrogens is 500 g/mol. The zero-order chi connectivity index (χ0) is 27.6. The molecule has 0 aliphatic carbocycles. The van der Waals surface area contributed by atoms with E-state index in [1.807, 2.05) is 79.1 Å². The van der Waals surface area contributed by atoms with Crippen molar-refractivity contribution in [3.63, 3.8) is 0 Å². The van der Waals surface area contributed by atoms with E-state index in [-0.39, 0.29) is 0 Å². The van der Waals surface area contributed by atoms with Gasteiger partial charge < -0.3 is 19.2 Å². The van der Waals surface area contributed by atoms with Crippen LogP contribution in [-0.4, -0.2) is 45.9 Å². The van der Waals surface area contributed by atoms with Gasteiger partial charge in [-0.25, -0.2) is 0 Å². The lowest BCUT2D eigenvalue weighted by atomic mass is 9.95. The summed E-state index contributed by atoms with van der Waals surface area (Å²) in [6.07, 6.45) is 3.82. The SMILES string of the molecule is CCN(CC)CCn1cc(C2=C(c3c[nH]c4ccccc34)C(=O)NC2=O)c2c(OCc3ccccc3)cccc21. The van der Waals surface area contributed by atoms with Crippen molar-refractivity contribution in [1.82, 2.24) is 19.8 Å². The van der Waals surface area contributed by atoms with E-state index in [0.717, 1.165) is 53.5 Å². The minimum absolute atomic E-state index is 0.372. The number of hydrogen-bond donors (Lipinski definition) is 2. The molecular formula is C33H32N4O3. The summed E-state index contributed by atoms with van der Waals surface area (Å²) in [7, 11) is 0. The number of imide groups is 1. The first kappa shape index (κ1) is 25.6. The molecule has 2 aromatic heterocycles. The van der Waals surface area contributed by atoms with E-state index in [1.165, 1.54) is 0 Å². The van der Waals surface area contributed by atoms with Crippen molar-refractivity contribution < 1.29 is 14.3 Å². The Morgan fingerprint density at radius 3 is 2.33 bits per heavy atom. The van der Waals surface area contributed by atoms with Gasteiger partial charge >= 0.3 is 0 Å². The van der Waals surface area contributed by atoms with Gasteiger partial charge in [0.1, 0.15) is 12.4 Å². The minimum Gasteiger partial charge on any atom is -0.488 e. The summed E-state index contributed by atoms with van der Waals surface area (Å²) < 4.78 is 8.55. The minimum atomic E-state index is -0.397. The molecule has 0 saturated heterocycles. The third-order valence-corrected chi connectivity index (χ3v) is 7.72. The molecule has 2 N–H and O–H groups in total. The van der Waals surface area contributed by atoms with Crippen molar-refractivity contribution in [2.75, 3.05) is 19.6 Å². The number of carbonyl (C=O) groups is 2.